The van der Waals surface area contributed by atoms with Crippen LogP contribution in [0.5, 0.6) is 0 Å². The zero-order valence-electron chi connectivity index (χ0n) is 9.97. The number of carbonyl (C=O) groups excluding carboxylic acids is 1. The monoisotopic (exact) mass is 315 g/mol. The zero-order chi connectivity index (χ0) is 13.0. The number of ether oxygens (including phenoxy) is 1. The van der Waals surface area contributed by atoms with Crippen LogP contribution >= 0.6 is 15.9 Å². The highest BCUT2D eigenvalue weighted by Gasteiger charge is 2.41. The number of benzene rings is 2. The molecule has 0 spiro atoms. The Hall–Kier alpha value is -1.65. The minimum Gasteiger partial charge on any atom is -0.349 e. The number of amides is 1. The van der Waals surface area contributed by atoms with Crippen LogP contribution in [0.1, 0.15) is 27.7 Å². The Morgan fingerprint density at radius 1 is 1.21 bits per heavy atom. The van der Waals surface area contributed by atoms with Gasteiger partial charge in [0, 0.05) is 21.2 Å². The number of hydrogen-bond acceptors (Lipinski definition) is 2. The molecule has 0 saturated carbocycles. The van der Waals surface area contributed by atoms with Gasteiger partial charge in [-0.05, 0) is 18.2 Å². The third kappa shape index (κ3) is 1.50. The molecule has 2 heterocycles. The summed E-state index contributed by atoms with van der Waals surface area (Å²) in [7, 11) is 0. The molecule has 94 valence electrons. The van der Waals surface area contributed by atoms with Crippen molar-refractivity contribution in [2.45, 2.75) is 12.8 Å². The second kappa shape index (κ2) is 3.92. The van der Waals surface area contributed by atoms with Gasteiger partial charge in [-0.25, -0.2) is 0 Å². The summed E-state index contributed by atoms with van der Waals surface area (Å²) < 4.78 is 6.76. The van der Waals surface area contributed by atoms with Gasteiger partial charge in [0.1, 0.15) is 0 Å². The summed E-state index contributed by atoms with van der Waals surface area (Å²) in [5.41, 5.74) is 3.67. The number of para-hydroxylation sites is 1. The molecule has 2 aromatic rings. The summed E-state index contributed by atoms with van der Waals surface area (Å²) in [6.07, 6.45) is -0.287. The molecule has 0 unspecified atom stereocenters. The molecule has 0 saturated heterocycles. The first-order chi connectivity index (χ1) is 9.25. The number of rotatable bonds is 0. The minimum atomic E-state index is -0.287. The van der Waals surface area contributed by atoms with E-state index < -0.39 is 0 Å². The van der Waals surface area contributed by atoms with Gasteiger partial charge in [0.15, 0.2) is 6.23 Å². The Morgan fingerprint density at radius 3 is 2.95 bits per heavy atom. The quantitative estimate of drug-likeness (QED) is 0.743. The van der Waals surface area contributed by atoms with Crippen LogP contribution in [-0.4, -0.2) is 5.91 Å². The van der Waals surface area contributed by atoms with E-state index in [2.05, 4.69) is 15.9 Å². The van der Waals surface area contributed by atoms with E-state index in [1.54, 1.807) is 4.90 Å². The highest BCUT2D eigenvalue weighted by Crippen LogP contribution is 2.43. The van der Waals surface area contributed by atoms with E-state index in [1.165, 1.54) is 0 Å². The highest BCUT2D eigenvalue weighted by molar-refractivity contribution is 9.10. The van der Waals surface area contributed by atoms with Crippen LogP contribution in [0.25, 0.3) is 0 Å². The molecule has 0 radical (unpaired) electrons. The number of carbonyl (C=O) groups is 1. The molecule has 3 nitrogen and oxygen atoms in total. The van der Waals surface area contributed by atoms with Gasteiger partial charge >= 0.3 is 0 Å². The molecule has 1 amide bonds. The van der Waals surface area contributed by atoms with E-state index in [0.29, 0.717) is 6.61 Å². The average molecular weight is 316 g/mol. The molecule has 0 fully saturated rings. The fourth-order valence-electron chi connectivity index (χ4n) is 2.74. The maximum absolute atomic E-state index is 12.6. The second-order valence-corrected chi connectivity index (χ2v) is 5.61. The standard InChI is InChI=1S/C15H10BrNO2/c16-10-5-6-11-12(7-10)14(18)17-13-4-2-1-3-9(13)8-19-15(11)17/h1-7,15H,8H2/t15-/m0/s1. The van der Waals surface area contributed by atoms with Crippen molar-refractivity contribution in [1.82, 2.24) is 0 Å². The van der Waals surface area contributed by atoms with Crippen molar-refractivity contribution in [2.75, 3.05) is 4.90 Å². The number of nitrogens with zero attached hydrogens (tertiary/aromatic N) is 1. The van der Waals surface area contributed by atoms with Crippen molar-refractivity contribution in [3.8, 4) is 0 Å². The highest BCUT2D eigenvalue weighted by atomic mass is 79.9. The van der Waals surface area contributed by atoms with E-state index in [1.807, 2.05) is 42.5 Å². The molecule has 0 N–H and O–H groups in total. The summed E-state index contributed by atoms with van der Waals surface area (Å²) in [5.74, 6) is 0.00782. The summed E-state index contributed by atoms with van der Waals surface area (Å²) in [4.78, 5) is 14.3. The van der Waals surface area contributed by atoms with E-state index in [0.717, 1.165) is 26.9 Å². The summed E-state index contributed by atoms with van der Waals surface area (Å²) in [6, 6.07) is 13.7. The summed E-state index contributed by atoms with van der Waals surface area (Å²) in [5, 5.41) is 0. The van der Waals surface area contributed by atoms with Crippen molar-refractivity contribution in [3.05, 3.63) is 63.6 Å². The Labute approximate surface area is 118 Å². The first kappa shape index (κ1) is 11.2. The average Bonchev–Trinajstić information content (AvgIpc) is 2.72. The molecule has 1 atom stereocenters. The van der Waals surface area contributed by atoms with Crippen LogP contribution < -0.4 is 4.90 Å². The summed E-state index contributed by atoms with van der Waals surface area (Å²) in [6.45, 7) is 0.542. The smallest absolute Gasteiger partial charge is 0.261 e. The maximum atomic E-state index is 12.6. The Balaban J connectivity index is 1.91. The van der Waals surface area contributed by atoms with Crippen LogP contribution in [-0.2, 0) is 11.3 Å². The third-order valence-electron chi connectivity index (χ3n) is 3.61. The van der Waals surface area contributed by atoms with Crippen molar-refractivity contribution in [3.63, 3.8) is 0 Å². The molecule has 19 heavy (non-hydrogen) atoms. The topological polar surface area (TPSA) is 29.5 Å². The molecular formula is C15H10BrNO2. The largest absolute Gasteiger partial charge is 0.349 e. The predicted octanol–water partition coefficient (Wildman–Crippen LogP) is 3.64. The van der Waals surface area contributed by atoms with Gasteiger partial charge < -0.3 is 4.74 Å². The fraction of sp³-hybridized carbons (Fsp3) is 0.133. The van der Waals surface area contributed by atoms with Crippen molar-refractivity contribution in [2.24, 2.45) is 0 Å². The van der Waals surface area contributed by atoms with E-state index >= 15 is 0 Å². The van der Waals surface area contributed by atoms with Gasteiger partial charge in [-0.1, -0.05) is 40.2 Å². The fourth-order valence-corrected chi connectivity index (χ4v) is 3.10. The lowest BCUT2D eigenvalue weighted by Gasteiger charge is -2.32. The second-order valence-electron chi connectivity index (χ2n) is 4.70. The van der Waals surface area contributed by atoms with E-state index in [9.17, 15) is 4.79 Å². The molecule has 0 aromatic heterocycles. The van der Waals surface area contributed by atoms with E-state index in [4.69, 9.17) is 4.74 Å². The van der Waals surface area contributed by atoms with Crippen LogP contribution in [0.4, 0.5) is 5.69 Å². The van der Waals surface area contributed by atoms with Gasteiger partial charge in [-0.2, -0.15) is 0 Å². The third-order valence-corrected chi connectivity index (χ3v) is 4.11. The molecule has 4 heteroatoms. The first-order valence-corrected chi connectivity index (χ1v) is 6.87. The van der Waals surface area contributed by atoms with Crippen LogP contribution in [0, 0.1) is 0 Å². The maximum Gasteiger partial charge on any atom is 0.261 e. The summed E-state index contributed by atoms with van der Waals surface area (Å²) >= 11 is 3.41. The van der Waals surface area contributed by atoms with Gasteiger partial charge in [-0.3, -0.25) is 9.69 Å². The lowest BCUT2D eigenvalue weighted by molar-refractivity contribution is 0.0319. The van der Waals surface area contributed by atoms with Crippen LogP contribution in [0.2, 0.25) is 0 Å². The van der Waals surface area contributed by atoms with Crippen LogP contribution in [0.15, 0.2) is 46.9 Å². The van der Waals surface area contributed by atoms with Crippen molar-refractivity contribution < 1.29 is 9.53 Å². The Kier molecular flexibility index (Phi) is 2.31. The number of anilines is 1. The van der Waals surface area contributed by atoms with Gasteiger partial charge in [0.05, 0.1) is 12.3 Å². The number of fused-ring (bicyclic) bond motifs is 5. The molecule has 0 aliphatic carbocycles. The Bertz CT molecular complexity index is 698. The lowest BCUT2D eigenvalue weighted by atomic mass is 10.1. The Morgan fingerprint density at radius 2 is 2.05 bits per heavy atom. The van der Waals surface area contributed by atoms with Gasteiger partial charge in [0.2, 0.25) is 0 Å². The molecule has 2 aliphatic rings. The van der Waals surface area contributed by atoms with Gasteiger partial charge in [-0.15, -0.1) is 0 Å². The van der Waals surface area contributed by atoms with Crippen molar-refractivity contribution >= 4 is 27.5 Å². The number of halogens is 1. The molecule has 2 aromatic carbocycles. The zero-order valence-corrected chi connectivity index (χ0v) is 11.6. The van der Waals surface area contributed by atoms with E-state index in [-0.39, 0.29) is 12.1 Å². The SMILES string of the molecule is O=C1c2cc(Br)ccc2[C@@H]2OCc3ccccc3N12. The molecule has 4 rings (SSSR count). The molecule has 2 aliphatic heterocycles. The first-order valence-electron chi connectivity index (χ1n) is 6.08. The van der Waals surface area contributed by atoms with Crippen LogP contribution in [0.3, 0.4) is 0 Å². The molecule has 0 bridgehead atoms. The minimum absolute atomic E-state index is 0.00782. The van der Waals surface area contributed by atoms with Gasteiger partial charge in [0.25, 0.3) is 5.91 Å². The predicted molar refractivity (Wildman–Crippen MR) is 74.9 cm³/mol. The lowest BCUT2D eigenvalue weighted by Crippen LogP contribution is -2.33. The molecular weight excluding hydrogens is 306 g/mol. The number of hydrogen-bond donors (Lipinski definition) is 0. The van der Waals surface area contributed by atoms with Crippen molar-refractivity contribution in [1.29, 1.82) is 0 Å². The normalized spacial score (nSPS) is 19.9.